The number of carbonyl (C=O) groups excluding carboxylic acids is 1. The van der Waals surface area contributed by atoms with Gasteiger partial charge in [-0.1, -0.05) is 30.3 Å². The number of benzene rings is 2. The van der Waals surface area contributed by atoms with Crippen LogP contribution >= 0.6 is 12.2 Å². The molecule has 3 N–H and O–H groups in total. The number of esters is 1. The second-order valence-electron chi connectivity index (χ2n) is 5.53. The van der Waals surface area contributed by atoms with Gasteiger partial charge < -0.3 is 20.4 Å². The Morgan fingerprint density at radius 1 is 1.16 bits per heavy atom. The first kappa shape index (κ1) is 17.0. The minimum atomic E-state index is -0.398. The maximum absolute atomic E-state index is 11.8. The highest BCUT2D eigenvalue weighted by atomic mass is 32.1. The maximum atomic E-state index is 11.8. The van der Waals surface area contributed by atoms with Crippen molar-refractivity contribution in [1.82, 2.24) is 10.3 Å². The van der Waals surface area contributed by atoms with Crippen molar-refractivity contribution in [1.29, 1.82) is 0 Å². The van der Waals surface area contributed by atoms with Gasteiger partial charge in [0.1, 0.15) is 0 Å². The van der Waals surface area contributed by atoms with E-state index >= 15 is 0 Å². The summed E-state index contributed by atoms with van der Waals surface area (Å²) in [4.78, 5) is 15.0. The molecule has 0 fully saturated rings. The Balaban J connectivity index is 1.58. The van der Waals surface area contributed by atoms with Gasteiger partial charge >= 0.3 is 5.97 Å². The van der Waals surface area contributed by atoms with Crippen molar-refractivity contribution >= 4 is 39.9 Å². The standard InChI is InChI=1S/C19H19N3O2S/c1-24-18(23)15-7-3-5-9-17(15)22-19(25)20-11-10-13-12-21-16-8-4-2-6-14(13)16/h2-9,12,21H,10-11H2,1H3,(H2,20,22,25). The number of carbonyl (C=O) groups is 1. The molecule has 0 saturated heterocycles. The van der Waals surface area contributed by atoms with Crippen LogP contribution in [0.1, 0.15) is 15.9 Å². The lowest BCUT2D eigenvalue weighted by Gasteiger charge is -2.13. The highest BCUT2D eigenvalue weighted by Gasteiger charge is 2.11. The van der Waals surface area contributed by atoms with Gasteiger partial charge in [0, 0.05) is 23.6 Å². The van der Waals surface area contributed by atoms with Crippen LogP contribution in [0.5, 0.6) is 0 Å². The molecule has 128 valence electrons. The van der Waals surface area contributed by atoms with Crippen LogP contribution in [0.15, 0.2) is 54.7 Å². The summed E-state index contributed by atoms with van der Waals surface area (Å²) < 4.78 is 4.78. The smallest absolute Gasteiger partial charge is 0.339 e. The van der Waals surface area contributed by atoms with Crippen molar-refractivity contribution in [2.45, 2.75) is 6.42 Å². The van der Waals surface area contributed by atoms with Crippen molar-refractivity contribution < 1.29 is 9.53 Å². The van der Waals surface area contributed by atoms with Gasteiger partial charge in [-0.15, -0.1) is 0 Å². The van der Waals surface area contributed by atoms with Crippen molar-refractivity contribution in [2.24, 2.45) is 0 Å². The summed E-state index contributed by atoms with van der Waals surface area (Å²) in [5.41, 5.74) is 3.44. The number of aromatic nitrogens is 1. The van der Waals surface area contributed by atoms with Crippen LogP contribution in [0.25, 0.3) is 10.9 Å². The zero-order valence-electron chi connectivity index (χ0n) is 13.8. The van der Waals surface area contributed by atoms with E-state index in [2.05, 4.69) is 27.8 Å². The summed E-state index contributed by atoms with van der Waals surface area (Å²) in [5.74, 6) is -0.398. The lowest BCUT2D eigenvalue weighted by Crippen LogP contribution is -2.30. The molecular formula is C19H19N3O2S. The van der Waals surface area contributed by atoms with Gasteiger partial charge in [-0.2, -0.15) is 0 Å². The van der Waals surface area contributed by atoms with E-state index in [-0.39, 0.29) is 0 Å². The average molecular weight is 353 g/mol. The van der Waals surface area contributed by atoms with Gasteiger partial charge in [0.15, 0.2) is 5.11 Å². The van der Waals surface area contributed by atoms with E-state index in [9.17, 15) is 4.79 Å². The third-order valence-corrected chi connectivity index (χ3v) is 4.18. The maximum Gasteiger partial charge on any atom is 0.339 e. The molecule has 0 aliphatic rings. The van der Waals surface area contributed by atoms with Crippen LogP contribution in [0.2, 0.25) is 0 Å². The molecule has 0 bridgehead atoms. The highest BCUT2D eigenvalue weighted by Crippen LogP contribution is 2.18. The fourth-order valence-corrected chi connectivity index (χ4v) is 2.91. The van der Waals surface area contributed by atoms with Crippen LogP contribution in [-0.4, -0.2) is 29.7 Å². The molecule has 2 aromatic carbocycles. The van der Waals surface area contributed by atoms with Crippen LogP contribution in [-0.2, 0) is 11.2 Å². The number of anilines is 1. The summed E-state index contributed by atoms with van der Waals surface area (Å²) in [5, 5.41) is 7.92. The second-order valence-corrected chi connectivity index (χ2v) is 5.94. The fourth-order valence-electron chi connectivity index (χ4n) is 2.70. The number of nitrogens with one attached hydrogen (secondary N) is 3. The number of hydrogen-bond donors (Lipinski definition) is 3. The molecule has 1 heterocycles. The van der Waals surface area contributed by atoms with Crippen LogP contribution in [0.3, 0.4) is 0 Å². The first-order valence-corrected chi connectivity index (χ1v) is 8.37. The van der Waals surface area contributed by atoms with Crippen molar-refractivity contribution in [2.75, 3.05) is 19.0 Å². The summed E-state index contributed by atoms with van der Waals surface area (Å²) in [6.45, 7) is 0.689. The largest absolute Gasteiger partial charge is 0.465 e. The van der Waals surface area contributed by atoms with Gasteiger partial charge in [-0.05, 0) is 42.4 Å². The van der Waals surface area contributed by atoms with Crippen molar-refractivity contribution in [3.8, 4) is 0 Å². The molecular weight excluding hydrogens is 334 g/mol. The van der Waals surface area contributed by atoms with Crippen LogP contribution in [0.4, 0.5) is 5.69 Å². The van der Waals surface area contributed by atoms with Gasteiger partial charge in [0.05, 0.1) is 18.4 Å². The van der Waals surface area contributed by atoms with E-state index in [0.717, 1.165) is 11.9 Å². The van der Waals surface area contributed by atoms with E-state index in [0.29, 0.717) is 22.9 Å². The van der Waals surface area contributed by atoms with Gasteiger partial charge in [0.25, 0.3) is 0 Å². The summed E-state index contributed by atoms with van der Waals surface area (Å²) in [6.07, 6.45) is 2.86. The molecule has 5 nitrogen and oxygen atoms in total. The third kappa shape index (κ3) is 3.97. The molecule has 25 heavy (non-hydrogen) atoms. The second kappa shape index (κ2) is 7.81. The van der Waals surface area contributed by atoms with Gasteiger partial charge in [-0.3, -0.25) is 0 Å². The predicted octanol–water partition coefficient (Wildman–Crippen LogP) is 3.48. The zero-order valence-corrected chi connectivity index (χ0v) is 14.7. The summed E-state index contributed by atoms with van der Waals surface area (Å²) in [6, 6.07) is 15.3. The highest BCUT2D eigenvalue weighted by molar-refractivity contribution is 7.80. The third-order valence-electron chi connectivity index (χ3n) is 3.94. The predicted molar refractivity (Wildman–Crippen MR) is 104 cm³/mol. The molecule has 0 aliphatic carbocycles. The quantitative estimate of drug-likeness (QED) is 0.484. The van der Waals surface area contributed by atoms with Gasteiger partial charge in [0.2, 0.25) is 0 Å². The Labute approximate surface area is 151 Å². The topological polar surface area (TPSA) is 66.2 Å². The lowest BCUT2D eigenvalue weighted by atomic mass is 10.1. The Hall–Kier alpha value is -2.86. The first-order valence-electron chi connectivity index (χ1n) is 7.96. The zero-order chi connectivity index (χ0) is 17.6. The molecule has 0 saturated carbocycles. The number of thiocarbonyl (C=S) groups is 1. The van der Waals surface area contributed by atoms with E-state index in [1.165, 1.54) is 18.1 Å². The molecule has 3 aromatic rings. The Kier molecular flexibility index (Phi) is 5.30. The van der Waals surface area contributed by atoms with Crippen LogP contribution < -0.4 is 10.6 Å². The monoisotopic (exact) mass is 353 g/mol. The lowest BCUT2D eigenvalue weighted by molar-refractivity contribution is 0.0602. The fraction of sp³-hybridized carbons (Fsp3) is 0.158. The summed E-state index contributed by atoms with van der Waals surface area (Å²) in [7, 11) is 1.36. The number of hydrogen-bond acceptors (Lipinski definition) is 3. The number of aromatic amines is 1. The Morgan fingerprint density at radius 3 is 2.76 bits per heavy atom. The van der Waals surface area contributed by atoms with E-state index in [1.807, 2.05) is 24.4 Å². The molecule has 0 spiro atoms. The minimum Gasteiger partial charge on any atom is -0.465 e. The number of methoxy groups -OCH3 is 1. The van der Waals surface area contributed by atoms with Crippen molar-refractivity contribution in [3.05, 3.63) is 65.9 Å². The Bertz CT molecular complexity index is 904. The molecule has 0 amide bonds. The average Bonchev–Trinajstić information content (AvgIpc) is 3.05. The molecule has 0 unspecified atom stereocenters. The number of ether oxygens (including phenoxy) is 1. The number of rotatable bonds is 5. The molecule has 0 aliphatic heterocycles. The van der Waals surface area contributed by atoms with E-state index in [1.54, 1.807) is 18.2 Å². The first-order chi connectivity index (χ1) is 12.2. The van der Waals surface area contributed by atoms with E-state index in [4.69, 9.17) is 17.0 Å². The summed E-state index contributed by atoms with van der Waals surface area (Å²) >= 11 is 5.33. The van der Waals surface area contributed by atoms with Gasteiger partial charge in [-0.25, -0.2) is 4.79 Å². The van der Waals surface area contributed by atoms with E-state index < -0.39 is 5.97 Å². The SMILES string of the molecule is COC(=O)c1ccccc1NC(=S)NCCc1c[nH]c2ccccc12. The normalized spacial score (nSPS) is 10.4. The molecule has 0 atom stereocenters. The molecule has 0 radical (unpaired) electrons. The number of fused-ring (bicyclic) bond motifs is 1. The Morgan fingerprint density at radius 2 is 1.92 bits per heavy atom. The number of para-hydroxylation sites is 2. The molecule has 1 aromatic heterocycles. The van der Waals surface area contributed by atoms with Crippen molar-refractivity contribution in [3.63, 3.8) is 0 Å². The minimum absolute atomic E-state index is 0.398. The number of H-pyrrole nitrogens is 1. The van der Waals surface area contributed by atoms with Crippen LogP contribution in [0, 0.1) is 0 Å². The molecule has 6 heteroatoms. The molecule has 3 rings (SSSR count).